The van der Waals surface area contributed by atoms with E-state index in [9.17, 15) is 4.39 Å². The maximum absolute atomic E-state index is 13.1. The van der Waals surface area contributed by atoms with E-state index in [4.69, 9.17) is 0 Å². The minimum atomic E-state index is -0.0862. The summed E-state index contributed by atoms with van der Waals surface area (Å²) in [5, 5.41) is 0. The van der Waals surface area contributed by atoms with Crippen molar-refractivity contribution in [3.8, 4) is 0 Å². The molecule has 0 saturated carbocycles. The van der Waals surface area contributed by atoms with Crippen LogP contribution in [0.4, 0.5) is 4.39 Å². The van der Waals surface area contributed by atoms with Gasteiger partial charge in [-0.3, -0.25) is 0 Å². The van der Waals surface area contributed by atoms with Crippen molar-refractivity contribution in [1.82, 2.24) is 0 Å². The van der Waals surface area contributed by atoms with Crippen LogP contribution in [0, 0.1) is 12.7 Å². The molecular formula is C11H11F. The average Bonchev–Trinajstić information content (AvgIpc) is 2.30. The molecular weight excluding hydrogens is 151 g/mol. The van der Waals surface area contributed by atoms with Crippen molar-refractivity contribution in [1.29, 1.82) is 0 Å². The van der Waals surface area contributed by atoms with Gasteiger partial charge in [-0.15, -0.1) is 0 Å². The first-order chi connectivity index (χ1) is 5.66. The van der Waals surface area contributed by atoms with Gasteiger partial charge in [0.1, 0.15) is 5.82 Å². The van der Waals surface area contributed by atoms with E-state index in [1.165, 1.54) is 11.1 Å². The van der Waals surface area contributed by atoms with Crippen LogP contribution in [0.1, 0.15) is 23.6 Å². The summed E-state index contributed by atoms with van der Waals surface area (Å²) in [6.07, 6.45) is 3.04. The molecule has 0 radical (unpaired) electrons. The molecule has 1 aliphatic carbocycles. The topological polar surface area (TPSA) is 0 Å². The maximum atomic E-state index is 13.1. The van der Waals surface area contributed by atoms with Gasteiger partial charge in [-0.1, -0.05) is 11.6 Å². The van der Waals surface area contributed by atoms with Gasteiger partial charge in [0.15, 0.2) is 0 Å². The van der Waals surface area contributed by atoms with Crippen molar-refractivity contribution in [2.75, 3.05) is 0 Å². The van der Waals surface area contributed by atoms with E-state index < -0.39 is 0 Å². The summed E-state index contributed by atoms with van der Waals surface area (Å²) in [6, 6.07) is 3.57. The second-order valence-corrected chi connectivity index (χ2v) is 3.47. The molecule has 62 valence electrons. The monoisotopic (exact) mass is 162 g/mol. The van der Waals surface area contributed by atoms with E-state index in [0.29, 0.717) is 0 Å². The molecule has 0 N–H and O–H groups in total. The summed E-state index contributed by atoms with van der Waals surface area (Å²) >= 11 is 0. The van der Waals surface area contributed by atoms with Gasteiger partial charge in [-0.25, -0.2) is 4.39 Å². The minimum Gasteiger partial charge on any atom is -0.207 e. The molecule has 2 rings (SSSR count). The maximum Gasteiger partial charge on any atom is 0.126 e. The SMILES string of the molecule is CC1=Cc2cc(C)c(F)cc2C1. The van der Waals surface area contributed by atoms with Gasteiger partial charge >= 0.3 is 0 Å². The van der Waals surface area contributed by atoms with Crippen molar-refractivity contribution >= 4 is 6.08 Å². The number of fused-ring (bicyclic) bond motifs is 1. The van der Waals surface area contributed by atoms with Crippen LogP contribution in [0.2, 0.25) is 0 Å². The predicted octanol–water partition coefficient (Wildman–Crippen LogP) is 3.09. The molecule has 0 amide bonds. The Hall–Kier alpha value is -1.11. The Morgan fingerprint density at radius 3 is 2.75 bits per heavy atom. The molecule has 1 aliphatic rings. The molecule has 0 nitrogen and oxygen atoms in total. The zero-order valence-corrected chi connectivity index (χ0v) is 7.32. The van der Waals surface area contributed by atoms with Crippen molar-refractivity contribution in [3.63, 3.8) is 0 Å². The number of aryl methyl sites for hydroxylation is 1. The molecule has 0 atom stereocenters. The Kier molecular flexibility index (Phi) is 1.53. The van der Waals surface area contributed by atoms with E-state index in [2.05, 4.69) is 13.0 Å². The van der Waals surface area contributed by atoms with Crippen LogP contribution in [-0.2, 0) is 6.42 Å². The second kappa shape index (κ2) is 2.44. The number of benzene rings is 1. The highest BCUT2D eigenvalue weighted by Crippen LogP contribution is 2.26. The van der Waals surface area contributed by atoms with Crippen LogP contribution in [0.3, 0.4) is 0 Å². The van der Waals surface area contributed by atoms with Gasteiger partial charge < -0.3 is 0 Å². The Balaban J connectivity index is 2.57. The Morgan fingerprint density at radius 1 is 1.25 bits per heavy atom. The van der Waals surface area contributed by atoms with E-state index in [1.54, 1.807) is 13.0 Å². The Morgan fingerprint density at radius 2 is 2.00 bits per heavy atom. The molecule has 0 fully saturated rings. The van der Waals surface area contributed by atoms with Gasteiger partial charge in [-0.2, -0.15) is 0 Å². The molecule has 0 spiro atoms. The Labute approximate surface area is 71.7 Å². The predicted molar refractivity (Wildman–Crippen MR) is 48.5 cm³/mol. The number of hydrogen-bond donors (Lipinski definition) is 0. The lowest BCUT2D eigenvalue weighted by Crippen LogP contribution is -1.88. The van der Waals surface area contributed by atoms with Crippen LogP contribution in [0.15, 0.2) is 17.7 Å². The first-order valence-electron chi connectivity index (χ1n) is 4.13. The van der Waals surface area contributed by atoms with E-state index in [1.807, 2.05) is 6.07 Å². The molecule has 0 aromatic heterocycles. The summed E-state index contributed by atoms with van der Waals surface area (Å²) in [5.41, 5.74) is 4.36. The molecule has 0 bridgehead atoms. The van der Waals surface area contributed by atoms with Gasteiger partial charge in [0.05, 0.1) is 0 Å². The fourth-order valence-electron chi connectivity index (χ4n) is 1.65. The molecule has 0 unspecified atom stereocenters. The molecule has 0 saturated heterocycles. The molecule has 1 aromatic rings. The smallest absolute Gasteiger partial charge is 0.126 e. The molecule has 1 heteroatoms. The summed E-state index contributed by atoms with van der Waals surface area (Å²) in [7, 11) is 0. The second-order valence-electron chi connectivity index (χ2n) is 3.47. The first-order valence-corrected chi connectivity index (χ1v) is 4.13. The summed E-state index contributed by atoms with van der Waals surface area (Å²) in [4.78, 5) is 0. The largest absolute Gasteiger partial charge is 0.207 e. The third-order valence-corrected chi connectivity index (χ3v) is 2.29. The zero-order valence-electron chi connectivity index (χ0n) is 7.32. The molecule has 12 heavy (non-hydrogen) atoms. The van der Waals surface area contributed by atoms with Crippen LogP contribution >= 0.6 is 0 Å². The fourth-order valence-corrected chi connectivity index (χ4v) is 1.65. The van der Waals surface area contributed by atoms with E-state index in [0.717, 1.165) is 17.5 Å². The highest BCUT2D eigenvalue weighted by Gasteiger charge is 2.11. The zero-order chi connectivity index (χ0) is 8.72. The summed E-state index contributed by atoms with van der Waals surface area (Å²) < 4.78 is 13.1. The highest BCUT2D eigenvalue weighted by atomic mass is 19.1. The highest BCUT2D eigenvalue weighted by molar-refractivity contribution is 5.64. The number of rotatable bonds is 0. The van der Waals surface area contributed by atoms with Crippen molar-refractivity contribution in [2.45, 2.75) is 20.3 Å². The van der Waals surface area contributed by atoms with Crippen molar-refractivity contribution in [3.05, 3.63) is 40.2 Å². The average molecular weight is 162 g/mol. The standard InChI is InChI=1S/C11H11F/c1-7-3-9-5-8(2)11(12)6-10(9)4-7/h3,5-6H,4H2,1-2H3. The lowest BCUT2D eigenvalue weighted by molar-refractivity contribution is 0.617. The fraction of sp³-hybridized carbons (Fsp3) is 0.273. The normalized spacial score (nSPS) is 14.4. The molecule has 0 aliphatic heterocycles. The Bertz CT molecular complexity index is 362. The minimum absolute atomic E-state index is 0.0862. The third kappa shape index (κ3) is 1.06. The number of allylic oxidation sites excluding steroid dienone is 1. The lowest BCUT2D eigenvalue weighted by atomic mass is 10.1. The van der Waals surface area contributed by atoms with Crippen molar-refractivity contribution in [2.24, 2.45) is 0 Å². The van der Waals surface area contributed by atoms with Crippen molar-refractivity contribution < 1.29 is 4.39 Å². The van der Waals surface area contributed by atoms with Gasteiger partial charge in [0.2, 0.25) is 0 Å². The molecule has 1 aromatic carbocycles. The van der Waals surface area contributed by atoms with Gasteiger partial charge in [-0.05, 0) is 49.1 Å². The quantitative estimate of drug-likeness (QED) is 0.550. The van der Waals surface area contributed by atoms with E-state index >= 15 is 0 Å². The van der Waals surface area contributed by atoms with Crippen LogP contribution in [0.25, 0.3) is 6.08 Å². The van der Waals surface area contributed by atoms with Crippen LogP contribution in [-0.4, -0.2) is 0 Å². The molecule has 0 heterocycles. The summed E-state index contributed by atoms with van der Waals surface area (Å²) in [6.45, 7) is 3.88. The number of halogens is 1. The van der Waals surface area contributed by atoms with E-state index in [-0.39, 0.29) is 5.82 Å². The third-order valence-electron chi connectivity index (χ3n) is 2.29. The summed E-state index contributed by atoms with van der Waals surface area (Å²) in [5.74, 6) is -0.0862. The van der Waals surface area contributed by atoms with Crippen LogP contribution < -0.4 is 0 Å². The van der Waals surface area contributed by atoms with Gasteiger partial charge in [0.25, 0.3) is 0 Å². The van der Waals surface area contributed by atoms with Crippen LogP contribution in [0.5, 0.6) is 0 Å². The van der Waals surface area contributed by atoms with Gasteiger partial charge in [0, 0.05) is 0 Å². The number of hydrogen-bond acceptors (Lipinski definition) is 0. The lowest BCUT2D eigenvalue weighted by Gasteiger charge is -2.01. The first kappa shape index (κ1) is 7.53.